The summed E-state index contributed by atoms with van der Waals surface area (Å²) in [5.41, 5.74) is 7.53. The average Bonchev–Trinajstić information content (AvgIpc) is 2.21. The third kappa shape index (κ3) is 4.29. The number of hydrogen-bond acceptors (Lipinski definition) is 2. The molecule has 3 heteroatoms. The van der Waals surface area contributed by atoms with Gasteiger partial charge in [-0.25, -0.2) is 4.39 Å². The number of halogens is 1. The number of nitrogens with two attached hydrogens (primary N) is 1. The molecule has 0 amide bonds. The Labute approximate surface area is 97.0 Å². The van der Waals surface area contributed by atoms with Crippen LogP contribution in [-0.2, 0) is 6.42 Å². The van der Waals surface area contributed by atoms with Crippen molar-refractivity contribution in [3.8, 4) is 0 Å². The van der Waals surface area contributed by atoms with Gasteiger partial charge in [-0.2, -0.15) is 0 Å². The fraction of sp³-hybridized carbons (Fsp3) is 0.538. The van der Waals surface area contributed by atoms with Crippen LogP contribution in [-0.4, -0.2) is 18.6 Å². The molecular weight excluding hydrogens is 203 g/mol. The lowest BCUT2D eigenvalue weighted by Crippen LogP contribution is -2.37. The molecule has 0 aliphatic carbocycles. The summed E-state index contributed by atoms with van der Waals surface area (Å²) in [5.74, 6) is -0.139. The summed E-state index contributed by atoms with van der Waals surface area (Å²) >= 11 is 0. The van der Waals surface area contributed by atoms with E-state index >= 15 is 0 Å². The van der Waals surface area contributed by atoms with Crippen LogP contribution in [0.3, 0.4) is 0 Å². The van der Waals surface area contributed by atoms with E-state index in [1.54, 1.807) is 6.92 Å². The monoisotopic (exact) mass is 224 g/mol. The van der Waals surface area contributed by atoms with Crippen LogP contribution in [0.15, 0.2) is 18.2 Å². The number of rotatable bonds is 5. The Morgan fingerprint density at radius 3 is 2.62 bits per heavy atom. The van der Waals surface area contributed by atoms with Crippen LogP contribution >= 0.6 is 0 Å². The van der Waals surface area contributed by atoms with E-state index in [1.165, 1.54) is 6.07 Å². The standard InChI is InChI=1S/C13H21FN2/c1-9-6-12(4-5-13(9)14)7-11(3)16-8-10(2)15/h4-6,10-11,16H,7-8,15H2,1-3H3. The highest BCUT2D eigenvalue weighted by molar-refractivity contribution is 5.24. The summed E-state index contributed by atoms with van der Waals surface area (Å²) in [6.07, 6.45) is 0.897. The Kier molecular flexibility index (Phi) is 4.90. The van der Waals surface area contributed by atoms with E-state index in [0.29, 0.717) is 11.6 Å². The zero-order valence-electron chi connectivity index (χ0n) is 10.3. The maximum Gasteiger partial charge on any atom is 0.126 e. The number of hydrogen-bond donors (Lipinski definition) is 2. The molecule has 0 aliphatic heterocycles. The molecular formula is C13H21FN2. The van der Waals surface area contributed by atoms with Crippen molar-refractivity contribution in [3.63, 3.8) is 0 Å². The smallest absolute Gasteiger partial charge is 0.126 e. The van der Waals surface area contributed by atoms with Gasteiger partial charge in [0.1, 0.15) is 5.82 Å². The number of nitrogens with one attached hydrogen (secondary N) is 1. The normalized spacial score (nSPS) is 14.8. The van der Waals surface area contributed by atoms with E-state index in [1.807, 2.05) is 19.1 Å². The van der Waals surface area contributed by atoms with E-state index in [4.69, 9.17) is 5.73 Å². The van der Waals surface area contributed by atoms with Crippen LogP contribution in [0.1, 0.15) is 25.0 Å². The molecule has 1 rings (SSSR count). The van der Waals surface area contributed by atoms with Crippen molar-refractivity contribution >= 4 is 0 Å². The molecule has 0 radical (unpaired) electrons. The first-order chi connectivity index (χ1) is 7.49. The predicted molar refractivity (Wildman–Crippen MR) is 66.0 cm³/mol. The fourth-order valence-corrected chi connectivity index (χ4v) is 1.65. The molecule has 0 saturated heterocycles. The average molecular weight is 224 g/mol. The molecule has 1 aromatic rings. The van der Waals surface area contributed by atoms with Gasteiger partial charge in [0.2, 0.25) is 0 Å². The predicted octanol–water partition coefficient (Wildman–Crippen LogP) is 2.00. The van der Waals surface area contributed by atoms with Gasteiger partial charge in [-0.3, -0.25) is 0 Å². The zero-order valence-corrected chi connectivity index (χ0v) is 10.3. The molecule has 0 saturated carbocycles. The second-order valence-electron chi connectivity index (χ2n) is 4.57. The minimum Gasteiger partial charge on any atom is -0.327 e. The minimum absolute atomic E-state index is 0.139. The van der Waals surface area contributed by atoms with Crippen LogP contribution < -0.4 is 11.1 Å². The molecule has 2 unspecified atom stereocenters. The molecule has 0 aliphatic rings. The molecule has 2 nitrogen and oxygen atoms in total. The van der Waals surface area contributed by atoms with Crippen molar-refractivity contribution in [2.24, 2.45) is 5.73 Å². The summed E-state index contributed by atoms with van der Waals surface area (Å²) in [6.45, 7) is 6.68. The van der Waals surface area contributed by atoms with Gasteiger partial charge in [0.25, 0.3) is 0 Å². The van der Waals surface area contributed by atoms with Crippen molar-refractivity contribution in [2.45, 2.75) is 39.3 Å². The Bertz CT molecular complexity index is 337. The summed E-state index contributed by atoms with van der Waals surface area (Å²) < 4.78 is 13.1. The van der Waals surface area contributed by atoms with Gasteiger partial charge in [0.05, 0.1) is 0 Å². The fourth-order valence-electron chi connectivity index (χ4n) is 1.65. The highest BCUT2D eigenvalue weighted by Crippen LogP contribution is 2.10. The lowest BCUT2D eigenvalue weighted by Gasteiger charge is -2.15. The van der Waals surface area contributed by atoms with Crippen molar-refractivity contribution in [1.82, 2.24) is 5.32 Å². The van der Waals surface area contributed by atoms with Gasteiger partial charge >= 0.3 is 0 Å². The van der Waals surface area contributed by atoms with Gasteiger partial charge in [-0.15, -0.1) is 0 Å². The van der Waals surface area contributed by atoms with Crippen LogP contribution in [0.2, 0.25) is 0 Å². The second kappa shape index (κ2) is 5.97. The third-order valence-corrected chi connectivity index (χ3v) is 2.55. The van der Waals surface area contributed by atoms with Gasteiger partial charge < -0.3 is 11.1 Å². The van der Waals surface area contributed by atoms with Crippen molar-refractivity contribution in [1.29, 1.82) is 0 Å². The van der Waals surface area contributed by atoms with E-state index < -0.39 is 0 Å². The topological polar surface area (TPSA) is 38.0 Å². The van der Waals surface area contributed by atoms with Gasteiger partial charge in [-0.1, -0.05) is 12.1 Å². The maximum absolute atomic E-state index is 13.1. The highest BCUT2D eigenvalue weighted by Gasteiger charge is 2.05. The van der Waals surface area contributed by atoms with Gasteiger partial charge in [0.15, 0.2) is 0 Å². The second-order valence-corrected chi connectivity index (χ2v) is 4.57. The SMILES string of the molecule is Cc1cc(CC(C)NCC(C)N)ccc1F. The van der Waals surface area contributed by atoms with Crippen molar-refractivity contribution < 1.29 is 4.39 Å². The quantitative estimate of drug-likeness (QED) is 0.803. The molecule has 90 valence electrons. The van der Waals surface area contributed by atoms with E-state index in [0.717, 1.165) is 18.5 Å². The molecule has 0 spiro atoms. The summed E-state index contributed by atoms with van der Waals surface area (Å²) in [7, 11) is 0. The van der Waals surface area contributed by atoms with Crippen molar-refractivity contribution in [3.05, 3.63) is 35.1 Å². The first kappa shape index (κ1) is 13.1. The highest BCUT2D eigenvalue weighted by atomic mass is 19.1. The van der Waals surface area contributed by atoms with Crippen LogP contribution in [0.4, 0.5) is 4.39 Å². The Morgan fingerprint density at radius 1 is 1.38 bits per heavy atom. The summed E-state index contributed by atoms with van der Waals surface area (Å²) in [4.78, 5) is 0. The Hall–Kier alpha value is -0.930. The van der Waals surface area contributed by atoms with Gasteiger partial charge in [0, 0.05) is 18.6 Å². The van der Waals surface area contributed by atoms with E-state index in [-0.39, 0.29) is 11.9 Å². The summed E-state index contributed by atoms with van der Waals surface area (Å²) in [5, 5.41) is 3.35. The molecule has 1 aromatic carbocycles. The molecule has 16 heavy (non-hydrogen) atoms. The molecule has 0 aromatic heterocycles. The Balaban J connectivity index is 2.49. The van der Waals surface area contributed by atoms with Crippen molar-refractivity contribution in [2.75, 3.05) is 6.54 Å². The lowest BCUT2D eigenvalue weighted by atomic mass is 10.0. The first-order valence-electron chi connectivity index (χ1n) is 5.73. The Morgan fingerprint density at radius 2 is 2.06 bits per heavy atom. The molecule has 0 bridgehead atoms. The molecule has 3 N–H and O–H groups in total. The summed E-state index contributed by atoms with van der Waals surface area (Å²) in [6, 6.07) is 5.79. The zero-order chi connectivity index (χ0) is 12.1. The largest absolute Gasteiger partial charge is 0.327 e. The third-order valence-electron chi connectivity index (χ3n) is 2.55. The minimum atomic E-state index is -0.139. The number of benzene rings is 1. The number of aryl methyl sites for hydroxylation is 1. The van der Waals surface area contributed by atoms with Crippen LogP contribution in [0.25, 0.3) is 0 Å². The van der Waals surface area contributed by atoms with Crippen LogP contribution in [0.5, 0.6) is 0 Å². The first-order valence-corrected chi connectivity index (χ1v) is 5.73. The van der Waals surface area contributed by atoms with Gasteiger partial charge in [-0.05, 0) is 44.4 Å². The van der Waals surface area contributed by atoms with E-state index in [9.17, 15) is 4.39 Å². The van der Waals surface area contributed by atoms with Crippen LogP contribution in [0, 0.1) is 12.7 Å². The molecule has 0 heterocycles. The lowest BCUT2D eigenvalue weighted by molar-refractivity contribution is 0.514. The molecule has 2 atom stereocenters. The molecule has 0 fully saturated rings. The maximum atomic E-state index is 13.1. The van der Waals surface area contributed by atoms with E-state index in [2.05, 4.69) is 12.2 Å².